The van der Waals surface area contributed by atoms with E-state index in [4.69, 9.17) is 18.9 Å². The maximum atomic E-state index is 12.3. The predicted octanol–water partition coefficient (Wildman–Crippen LogP) is 3.57. The highest BCUT2D eigenvalue weighted by molar-refractivity contribution is 5.96. The summed E-state index contributed by atoms with van der Waals surface area (Å²) in [7, 11) is 0. The second-order valence-corrected chi connectivity index (χ2v) is 7.33. The van der Waals surface area contributed by atoms with Crippen molar-refractivity contribution in [1.29, 1.82) is 0 Å². The van der Waals surface area contributed by atoms with Crippen molar-refractivity contribution in [2.24, 2.45) is 0 Å². The van der Waals surface area contributed by atoms with Gasteiger partial charge in [-0.15, -0.1) is 0 Å². The fourth-order valence-corrected chi connectivity index (χ4v) is 2.56. The summed E-state index contributed by atoms with van der Waals surface area (Å²) in [5.74, 6) is 1.69. The molecule has 0 bridgehead atoms. The molecule has 0 aliphatic carbocycles. The van der Waals surface area contributed by atoms with Gasteiger partial charge in [0.25, 0.3) is 5.91 Å². The zero-order valence-corrected chi connectivity index (χ0v) is 16.6. The fraction of sp³-hybridized carbons (Fsp3) is 0.333. The summed E-state index contributed by atoms with van der Waals surface area (Å²) in [6, 6.07) is 11.9. The van der Waals surface area contributed by atoms with Gasteiger partial charge in [-0.3, -0.25) is 10.1 Å². The zero-order chi connectivity index (χ0) is 20.9. The third kappa shape index (κ3) is 6.03. The molecule has 1 aliphatic heterocycles. The summed E-state index contributed by atoms with van der Waals surface area (Å²) in [6.07, 6.45) is -0.577. The molecule has 8 nitrogen and oxygen atoms in total. The molecule has 1 heterocycles. The number of hydrogen-bond acceptors (Lipinski definition) is 6. The molecule has 2 aromatic rings. The van der Waals surface area contributed by atoms with Gasteiger partial charge < -0.3 is 24.3 Å². The van der Waals surface area contributed by atoms with E-state index in [1.165, 1.54) is 0 Å². The zero-order valence-electron chi connectivity index (χ0n) is 16.6. The summed E-state index contributed by atoms with van der Waals surface area (Å²) in [5, 5.41) is 5.39. The SMILES string of the molecule is CC(C)(C)OC(=O)Nc1cccc(C(=O)NCCOc2ccc3c(c2)OCO3)c1. The molecule has 8 heteroatoms. The van der Waals surface area contributed by atoms with Gasteiger partial charge in [-0.05, 0) is 51.1 Å². The largest absolute Gasteiger partial charge is 0.492 e. The normalized spacial score (nSPS) is 12.2. The van der Waals surface area contributed by atoms with Crippen molar-refractivity contribution in [3.63, 3.8) is 0 Å². The quantitative estimate of drug-likeness (QED) is 0.720. The van der Waals surface area contributed by atoms with E-state index in [2.05, 4.69) is 10.6 Å². The van der Waals surface area contributed by atoms with Crippen LogP contribution in [0.1, 0.15) is 31.1 Å². The number of amides is 2. The number of ether oxygens (including phenoxy) is 4. The predicted molar refractivity (Wildman–Crippen MR) is 107 cm³/mol. The molecule has 0 radical (unpaired) electrons. The van der Waals surface area contributed by atoms with Gasteiger partial charge >= 0.3 is 6.09 Å². The summed E-state index contributed by atoms with van der Waals surface area (Å²) in [4.78, 5) is 24.2. The van der Waals surface area contributed by atoms with Crippen LogP contribution in [0.15, 0.2) is 42.5 Å². The van der Waals surface area contributed by atoms with Gasteiger partial charge in [0, 0.05) is 17.3 Å². The molecule has 2 aromatic carbocycles. The molecular formula is C21H24N2O6. The Hall–Kier alpha value is -3.42. The van der Waals surface area contributed by atoms with Gasteiger partial charge in [-0.1, -0.05) is 6.07 Å². The minimum absolute atomic E-state index is 0.205. The Labute approximate surface area is 169 Å². The van der Waals surface area contributed by atoms with Crippen LogP contribution in [-0.4, -0.2) is 37.5 Å². The number of hydrogen-bond donors (Lipinski definition) is 2. The second kappa shape index (κ2) is 8.72. The van der Waals surface area contributed by atoms with E-state index < -0.39 is 11.7 Å². The number of benzene rings is 2. The van der Waals surface area contributed by atoms with Gasteiger partial charge in [-0.25, -0.2) is 4.79 Å². The third-order valence-corrected chi connectivity index (χ3v) is 3.77. The first-order valence-corrected chi connectivity index (χ1v) is 9.21. The fourth-order valence-electron chi connectivity index (χ4n) is 2.56. The van der Waals surface area contributed by atoms with Crippen molar-refractivity contribution in [1.82, 2.24) is 5.32 Å². The molecule has 0 unspecified atom stereocenters. The molecule has 0 aromatic heterocycles. The highest BCUT2D eigenvalue weighted by Gasteiger charge is 2.17. The molecule has 3 rings (SSSR count). The van der Waals surface area contributed by atoms with E-state index >= 15 is 0 Å². The number of fused-ring (bicyclic) bond motifs is 1. The van der Waals surface area contributed by atoms with Crippen LogP contribution in [0.3, 0.4) is 0 Å². The van der Waals surface area contributed by atoms with Crippen LogP contribution < -0.4 is 24.8 Å². The first kappa shape index (κ1) is 20.3. The number of anilines is 1. The maximum absolute atomic E-state index is 12.3. The van der Waals surface area contributed by atoms with Crippen LogP contribution in [0.25, 0.3) is 0 Å². The van der Waals surface area contributed by atoms with Gasteiger partial charge in [0.05, 0.1) is 6.54 Å². The summed E-state index contributed by atoms with van der Waals surface area (Å²) in [6.45, 7) is 6.15. The number of carbonyl (C=O) groups excluding carboxylic acids is 2. The van der Waals surface area contributed by atoms with Crippen molar-refractivity contribution in [3.8, 4) is 17.2 Å². The first-order chi connectivity index (χ1) is 13.8. The average molecular weight is 400 g/mol. The molecule has 0 atom stereocenters. The lowest BCUT2D eigenvalue weighted by atomic mass is 10.2. The molecule has 0 fully saturated rings. The Kier molecular flexibility index (Phi) is 6.11. The smallest absolute Gasteiger partial charge is 0.412 e. The Morgan fingerprint density at radius 2 is 1.86 bits per heavy atom. The second-order valence-electron chi connectivity index (χ2n) is 7.33. The monoisotopic (exact) mass is 400 g/mol. The Morgan fingerprint density at radius 3 is 2.66 bits per heavy atom. The molecule has 2 N–H and O–H groups in total. The minimum Gasteiger partial charge on any atom is -0.492 e. The Balaban J connectivity index is 1.46. The highest BCUT2D eigenvalue weighted by atomic mass is 16.7. The van der Waals surface area contributed by atoms with Crippen LogP contribution in [0.4, 0.5) is 10.5 Å². The lowest BCUT2D eigenvalue weighted by Crippen LogP contribution is -2.28. The molecule has 1 aliphatic rings. The molecular weight excluding hydrogens is 376 g/mol. The number of carbonyl (C=O) groups is 2. The van der Waals surface area contributed by atoms with Crippen molar-refractivity contribution >= 4 is 17.7 Å². The van der Waals surface area contributed by atoms with E-state index in [9.17, 15) is 9.59 Å². The van der Waals surface area contributed by atoms with Crippen LogP contribution >= 0.6 is 0 Å². The molecule has 2 amide bonds. The van der Waals surface area contributed by atoms with Crippen molar-refractivity contribution in [2.45, 2.75) is 26.4 Å². The third-order valence-electron chi connectivity index (χ3n) is 3.77. The lowest BCUT2D eigenvalue weighted by molar-refractivity contribution is 0.0635. The van der Waals surface area contributed by atoms with Crippen LogP contribution in [0.5, 0.6) is 17.2 Å². The highest BCUT2D eigenvalue weighted by Crippen LogP contribution is 2.34. The van der Waals surface area contributed by atoms with E-state index in [-0.39, 0.29) is 12.7 Å². The van der Waals surface area contributed by atoms with E-state index in [0.29, 0.717) is 41.7 Å². The number of nitrogens with one attached hydrogen (secondary N) is 2. The van der Waals surface area contributed by atoms with Gasteiger partial charge in [0.15, 0.2) is 11.5 Å². The molecule has 0 saturated heterocycles. The van der Waals surface area contributed by atoms with Crippen molar-refractivity contribution < 1.29 is 28.5 Å². The average Bonchev–Trinajstić information content (AvgIpc) is 3.11. The molecule has 0 spiro atoms. The van der Waals surface area contributed by atoms with Crippen LogP contribution in [-0.2, 0) is 4.74 Å². The summed E-state index contributed by atoms with van der Waals surface area (Å²) >= 11 is 0. The topological polar surface area (TPSA) is 95.1 Å². The Morgan fingerprint density at radius 1 is 1.07 bits per heavy atom. The van der Waals surface area contributed by atoms with Crippen LogP contribution in [0, 0.1) is 0 Å². The van der Waals surface area contributed by atoms with Gasteiger partial charge in [-0.2, -0.15) is 0 Å². The standard InChI is InChI=1S/C21H24N2O6/c1-21(2,3)29-20(25)23-15-6-4-5-14(11-15)19(24)22-9-10-26-16-7-8-17-18(12-16)28-13-27-17/h4-8,11-12H,9-10,13H2,1-3H3,(H,22,24)(H,23,25). The minimum atomic E-state index is -0.600. The van der Waals surface area contributed by atoms with E-state index in [1.54, 1.807) is 63.2 Å². The van der Waals surface area contributed by atoms with E-state index in [1.807, 2.05) is 0 Å². The van der Waals surface area contributed by atoms with E-state index in [0.717, 1.165) is 0 Å². The van der Waals surface area contributed by atoms with Crippen molar-refractivity contribution in [2.75, 3.05) is 25.3 Å². The lowest BCUT2D eigenvalue weighted by Gasteiger charge is -2.19. The first-order valence-electron chi connectivity index (χ1n) is 9.21. The van der Waals surface area contributed by atoms with Crippen molar-refractivity contribution in [3.05, 3.63) is 48.0 Å². The van der Waals surface area contributed by atoms with Gasteiger partial charge in [0.2, 0.25) is 6.79 Å². The van der Waals surface area contributed by atoms with Gasteiger partial charge in [0.1, 0.15) is 18.0 Å². The summed E-state index contributed by atoms with van der Waals surface area (Å²) in [5.41, 5.74) is 0.294. The van der Waals surface area contributed by atoms with Crippen LogP contribution in [0.2, 0.25) is 0 Å². The Bertz CT molecular complexity index is 891. The molecule has 0 saturated carbocycles. The maximum Gasteiger partial charge on any atom is 0.412 e. The summed E-state index contributed by atoms with van der Waals surface area (Å²) < 4.78 is 21.4. The number of rotatable bonds is 6. The molecule has 29 heavy (non-hydrogen) atoms. The molecule has 154 valence electrons.